The third-order valence-corrected chi connectivity index (χ3v) is 2.72. The second-order valence-corrected chi connectivity index (χ2v) is 4.13. The lowest BCUT2D eigenvalue weighted by atomic mass is 10.1. The largest absolute Gasteiger partial charge is 0.487 e. The summed E-state index contributed by atoms with van der Waals surface area (Å²) >= 11 is 0. The summed E-state index contributed by atoms with van der Waals surface area (Å²) in [6, 6.07) is 7.15. The van der Waals surface area contributed by atoms with Crippen LogP contribution in [-0.4, -0.2) is 39.6 Å². The minimum absolute atomic E-state index is 0.174. The van der Waals surface area contributed by atoms with E-state index in [1.54, 1.807) is 12.1 Å². The van der Waals surface area contributed by atoms with Gasteiger partial charge >= 0.3 is 0 Å². The molecule has 0 bridgehead atoms. The first-order valence-electron chi connectivity index (χ1n) is 7.16. The molecule has 1 aromatic carbocycles. The Balaban J connectivity index is 2.89. The Kier molecular flexibility index (Phi) is 8.44. The van der Waals surface area contributed by atoms with Crippen molar-refractivity contribution in [1.82, 2.24) is 0 Å². The minimum atomic E-state index is 0.174. The number of hydrogen-bond acceptors (Lipinski definition) is 6. The monoisotopic (exact) mass is 304 g/mol. The highest BCUT2D eigenvalue weighted by Gasteiger charge is 2.16. The molecule has 1 aromatic rings. The Bertz CT molecular complexity index is 546. The van der Waals surface area contributed by atoms with Crippen molar-refractivity contribution in [2.45, 2.75) is 13.8 Å². The smallest absolute Gasteiger partial charge is 0.180 e. The van der Waals surface area contributed by atoms with Gasteiger partial charge in [-0.3, -0.25) is 0 Å². The fourth-order valence-electron chi connectivity index (χ4n) is 1.73. The van der Waals surface area contributed by atoms with Gasteiger partial charge in [0, 0.05) is 13.2 Å². The van der Waals surface area contributed by atoms with E-state index in [0.717, 1.165) is 0 Å². The number of benzene rings is 1. The Morgan fingerprint density at radius 1 is 0.864 bits per heavy atom. The first-order valence-corrected chi connectivity index (χ1v) is 7.16. The topological polar surface area (TPSA) is 84.5 Å². The third kappa shape index (κ3) is 5.25. The molecule has 0 amide bonds. The van der Waals surface area contributed by atoms with E-state index >= 15 is 0 Å². The van der Waals surface area contributed by atoms with Crippen LogP contribution in [0.1, 0.15) is 25.0 Å². The molecule has 1 rings (SSSR count). The van der Waals surface area contributed by atoms with Gasteiger partial charge in [0.15, 0.2) is 11.5 Å². The van der Waals surface area contributed by atoms with Crippen molar-refractivity contribution in [3.63, 3.8) is 0 Å². The minimum Gasteiger partial charge on any atom is -0.487 e. The molecule has 0 saturated carbocycles. The van der Waals surface area contributed by atoms with Gasteiger partial charge in [0.05, 0.1) is 18.8 Å². The number of ether oxygens (including phenoxy) is 4. The molecule has 6 nitrogen and oxygen atoms in total. The van der Waals surface area contributed by atoms with E-state index in [-0.39, 0.29) is 23.5 Å². The quantitative estimate of drug-likeness (QED) is 0.616. The maximum atomic E-state index is 9.27. The predicted octanol–water partition coefficient (Wildman–Crippen LogP) is 2.26. The normalized spacial score (nSPS) is 9.82. The molecule has 22 heavy (non-hydrogen) atoms. The van der Waals surface area contributed by atoms with Gasteiger partial charge in [0.25, 0.3) is 0 Å². The van der Waals surface area contributed by atoms with Crippen LogP contribution in [0.4, 0.5) is 0 Å². The highest BCUT2D eigenvalue weighted by atomic mass is 16.6. The number of nitriles is 2. The average molecular weight is 304 g/mol. The Hall–Kier alpha value is -2.28. The van der Waals surface area contributed by atoms with Gasteiger partial charge in [-0.2, -0.15) is 10.5 Å². The molecule has 0 aromatic heterocycles. The molecule has 0 spiro atoms. The molecule has 118 valence electrons. The van der Waals surface area contributed by atoms with Gasteiger partial charge in [0.1, 0.15) is 30.9 Å². The summed E-state index contributed by atoms with van der Waals surface area (Å²) in [5, 5.41) is 18.4. The van der Waals surface area contributed by atoms with Crippen LogP contribution in [-0.2, 0) is 9.47 Å². The molecule has 0 N–H and O–H groups in total. The molecule has 0 saturated heterocycles. The lowest BCUT2D eigenvalue weighted by Gasteiger charge is -2.14. The Morgan fingerprint density at radius 2 is 1.50 bits per heavy atom. The lowest BCUT2D eigenvalue weighted by Crippen LogP contribution is -2.11. The average Bonchev–Trinajstić information content (AvgIpc) is 2.55. The highest BCUT2D eigenvalue weighted by Crippen LogP contribution is 2.33. The molecule has 0 aliphatic heterocycles. The van der Waals surface area contributed by atoms with E-state index in [0.29, 0.717) is 38.8 Å². The van der Waals surface area contributed by atoms with E-state index < -0.39 is 0 Å². The Morgan fingerprint density at radius 3 is 2.05 bits per heavy atom. The van der Waals surface area contributed by atoms with E-state index in [2.05, 4.69) is 0 Å². The molecule has 0 unspecified atom stereocenters. The van der Waals surface area contributed by atoms with Gasteiger partial charge in [-0.05, 0) is 26.0 Å². The van der Waals surface area contributed by atoms with Crippen LogP contribution in [0.5, 0.6) is 11.5 Å². The lowest BCUT2D eigenvalue weighted by molar-refractivity contribution is 0.0998. The van der Waals surface area contributed by atoms with E-state index in [9.17, 15) is 5.26 Å². The fraction of sp³-hybridized carbons (Fsp3) is 0.500. The van der Waals surface area contributed by atoms with E-state index in [1.807, 2.05) is 26.0 Å². The van der Waals surface area contributed by atoms with Crippen LogP contribution in [0.3, 0.4) is 0 Å². The zero-order chi connectivity index (χ0) is 16.2. The number of nitrogens with zero attached hydrogens (tertiary/aromatic N) is 2. The first-order chi connectivity index (χ1) is 10.8. The molecule has 0 radical (unpaired) electrons. The molecular formula is C16H20N2O4. The first kappa shape index (κ1) is 17.8. The summed E-state index contributed by atoms with van der Waals surface area (Å²) < 4.78 is 21.6. The van der Waals surface area contributed by atoms with Gasteiger partial charge in [-0.15, -0.1) is 0 Å². The summed E-state index contributed by atoms with van der Waals surface area (Å²) in [4.78, 5) is 0. The SMILES string of the molecule is CCOCCOc1ccc(C#N)c(C#N)c1OCCOCC. The maximum Gasteiger partial charge on any atom is 0.180 e. The van der Waals surface area contributed by atoms with Crippen molar-refractivity contribution < 1.29 is 18.9 Å². The van der Waals surface area contributed by atoms with Crippen LogP contribution in [0, 0.1) is 22.7 Å². The maximum absolute atomic E-state index is 9.27. The van der Waals surface area contributed by atoms with E-state index in [1.165, 1.54) is 0 Å². The second kappa shape index (κ2) is 10.4. The standard InChI is InChI=1S/C16H20N2O4/c1-3-19-7-9-21-15-6-5-13(11-17)14(12-18)16(15)22-10-8-20-4-2/h5-6H,3-4,7-10H2,1-2H3. The van der Waals surface area contributed by atoms with Gasteiger partial charge in [-0.25, -0.2) is 0 Å². The fourth-order valence-corrected chi connectivity index (χ4v) is 1.73. The van der Waals surface area contributed by atoms with Crippen molar-refractivity contribution in [2.24, 2.45) is 0 Å². The molecule has 0 fully saturated rings. The summed E-state index contributed by atoms with van der Waals surface area (Å²) in [6.45, 7) is 6.44. The van der Waals surface area contributed by atoms with Crippen LogP contribution in [0.25, 0.3) is 0 Å². The van der Waals surface area contributed by atoms with Gasteiger partial charge in [-0.1, -0.05) is 0 Å². The summed E-state index contributed by atoms with van der Waals surface area (Å²) in [6.07, 6.45) is 0. The van der Waals surface area contributed by atoms with E-state index in [4.69, 9.17) is 24.2 Å². The molecule has 0 heterocycles. The molecular weight excluding hydrogens is 284 g/mol. The highest BCUT2D eigenvalue weighted by molar-refractivity contribution is 5.60. The van der Waals surface area contributed by atoms with Crippen LogP contribution in [0.2, 0.25) is 0 Å². The van der Waals surface area contributed by atoms with Crippen LogP contribution in [0.15, 0.2) is 12.1 Å². The van der Waals surface area contributed by atoms with Crippen molar-refractivity contribution in [1.29, 1.82) is 10.5 Å². The zero-order valence-corrected chi connectivity index (χ0v) is 12.9. The summed E-state index contributed by atoms with van der Waals surface area (Å²) in [5.41, 5.74) is 0.430. The number of hydrogen-bond donors (Lipinski definition) is 0. The number of rotatable bonds is 10. The van der Waals surface area contributed by atoms with Gasteiger partial charge < -0.3 is 18.9 Å². The van der Waals surface area contributed by atoms with Gasteiger partial charge in [0.2, 0.25) is 0 Å². The van der Waals surface area contributed by atoms with Crippen LogP contribution < -0.4 is 9.47 Å². The van der Waals surface area contributed by atoms with Crippen molar-refractivity contribution in [3.8, 4) is 23.6 Å². The van der Waals surface area contributed by atoms with Crippen molar-refractivity contribution in [3.05, 3.63) is 23.3 Å². The molecule has 0 aliphatic rings. The van der Waals surface area contributed by atoms with Crippen molar-refractivity contribution >= 4 is 0 Å². The third-order valence-electron chi connectivity index (χ3n) is 2.72. The zero-order valence-electron chi connectivity index (χ0n) is 12.9. The molecule has 0 aliphatic carbocycles. The molecule has 6 heteroatoms. The summed E-state index contributed by atoms with van der Waals surface area (Å²) in [5.74, 6) is 0.699. The Labute approximate surface area is 130 Å². The second-order valence-electron chi connectivity index (χ2n) is 4.13. The molecule has 0 atom stereocenters. The predicted molar refractivity (Wildman–Crippen MR) is 79.8 cm³/mol. The van der Waals surface area contributed by atoms with Crippen molar-refractivity contribution in [2.75, 3.05) is 39.6 Å². The summed E-state index contributed by atoms with van der Waals surface area (Å²) in [7, 11) is 0. The van der Waals surface area contributed by atoms with Crippen LogP contribution >= 0.6 is 0 Å².